The Labute approximate surface area is 99.2 Å². The maximum Gasteiger partial charge on any atom is 0.246 e. The molecular formula is C6H13Cl4NO2. The summed E-state index contributed by atoms with van der Waals surface area (Å²) in [6.07, 6.45) is 0. The SMILES string of the molecule is C[N+](C)(C)C(Cl)C(O)(Cl)C(O)Cl.[Cl-]. The van der Waals surface area contributed by atoms with Crippen molar-refractivity contribution in [1.29, 1.82) is 0 Å². The summed E-state index contributed by atoms with van der Waals surface area (Å²) in [7, 11) is 5.18. The first-order valence-corrected chi connectivity index (χ1v) is 4.54. The van der Waals surface area contributed by atoms with Gasteiger partial charge >= 0.3 is 0 Å². The van der Waals surface area contributed by atoms with E-state index in [1.807, 2.05) is 0 Å². The lowest BCUT2D eigenvalue weighted by Gasteiger charge is -2.37. The molecule has 0 aliphatic rings. The van der Waals surface area contributed by atoms with Crippen molar-refractivity contribution in [2.75, 3.05) is 21.1 Å². The van der Waals surface area contributed by atoms with Crippen molar-refractivity contribution < 1.29 is 27.1 Å². The molecule has 0 heterocycles. The third kappa shape index (κ3) is 4.38. The van der Waals surface area contributed by atoms with Gasteiger partial charge in [0.05, 0.1) is 21.1 Å². The van der Waals surface area contributed by atoms with Gasteiger partial charge in [-0.3, -0.25) is 0 Å². The Morgan fingerprint density at radius 2 is 1.54 bits per heavy atom. The summed E-state index contributed by atoms with van der Waals surface area (Å²) >= 11 is 16.6. The summed E-state index contributed by atoms with van der Waals surface area (Å²) in [6.45, 7) is 0. The second kappa shape index (κ2) is 5.21. The summed E-state index contributed by atoms with van der Waals surface area (Å²) in [6, 6.07) is 0. The van der Waals surface area contributed by atoms with Crippen molar-refractivity contribution >= 4 is 34.8 Å². The maximum atomic E-state index is 9.43. The maximum absolute atomic E-state index is 9.43. The number of hydrogen-bond donors (Lipinski definition) is 2. The number of nitrogens with zero attached hydrogens (tertiary/aromatic N) is 1. The van der Waals surface area contributed by atoms with Crippen LogP contribution in [0.3, 0.4) is 0 Å². The number of alkyl halides is 3. The Bertz CT molecular complexity index is 157. The fourth-order valence-corrected chi connectivity index (χ4v) is 1.25. The normalized spacial score (nSPS) is 21.2. The first-order chi connectivity index (χ1) is 5.10. The highest BCUT2D eigenvalue weighted by Crippen LogP contribution is 2.31. The van der Waals surface area contributed by atoms with Crippen LogP contribution in [-0.4, -0.2) is 52.0 Å². The van der Waals surface area contributed by atoms with Crippen LogP contribution in [0.15, 0.2) is 0 Å². The van der Waals surface area contributed by atoms with Crippen molar-refractivity contribution in [3.05, 3.63) is 0 Å². The standard InChI is InChI=1S/C6H13Cl3NO2.ClH/c1-10(2,3)4(7)6(9,12)5(8)11;/h4-5,11-12H,1-3H3;1H/q+1;/p-1. The summed E-state index contributed by atoms with van der Waals surface area (Å²) in [5.41, 5.74) is -2.49. The Balaban J connectivity index is 0. The largest absolute Gasteiger partial charge is 1.00 e. The Hall–Kier alpha value is 1.04. The molecule has 2 N–H and O–H groups in total. The van der Waals surface area contributed by atoms with Crippen LogP contribution < -0.4 is 12.4 Å². The highest BCUT2D eigenvalue weighted by molar-refractivity contribution is 6.35. The second-order valence-corrected chi connectivity index (χ2v) is 4.95. The van der Waals surface area contributed by atoms with Crippen LogP contribution in [0.25, 0.3) is 0 Å². The van der Waals surface area contributed by atoms with Crippen molar-refractivity contribution in [2.24, 2.45) is 0 Å². The molecule has 0 aromatic rings. The fraction of sp³-hybridized carbons (Fsp3) is 1.00. The third-order valence-corrected chi connectivity index (χ3v) is 3.24. The minimum Gasteiger partial charge on any atom is -1.00 e. The topological polar surface area (TPSA) is 40.5 Å². The zero-order valence-electron chi connectivity index (χ0n) is 7.51. The zero-order chi connectivity index (χ0) is 10.2. The first kappa shape index (κ1) is 16.5. The number of halogens is 4. The van der Waals surface area contributed by atoms with Gasteiger partial charge < -0.3 is 27.1 Å². The van der Waals surface area contributed by atoms with Crippen LogP contribution in [0, 0.1) is 0 Å². The van der Waals surface area contributed by atoms with E-state index >= 15 is 0 Å². The molecule has 0 amide bonds. The van der Waals surface area contributed by atoms with Crippen molar-refractivity contribution in [1.82, 2.24) is 0 Å². The van der Waals surface area contributed by atoms with Crippen molar-refractivity contribution in [3.8, 4) is 0 Å². The number of rotatable bonds is 3. The van der Waals surface area contributed by atoms with Gasteiger partial charge in [-0.1, -0.05) is 34.8 Å². The molecule has 0 aliphatic heterocycles. The number of aliphatic hydroxyl groups excluding tert-OH is 1. The summed E-state index contributed by atoms with van der Waals surface area (Å²) in [4.78, 5) is 0. The highest BCUT2D eigenvalue weighted by atomic mass is 35.5. The zero-order valence-corrected chi connectivity index (χ0v) is 10.5. The predicted molar refractivity (Wildman–Crippen MR) is 50.3 cm³/mol. The Kier molecular flexibility index (Phi) is 6.61. The van der Waals surface area contributed by atoms with E-state index in [4.69, 9.17) is 39.9 Å². The van der Waals surface area contributed by atoms with E-state index in [1.165, 1.54) is 0 Å². The molecular weight excluding hydrogens is 260 g/mol. The first-order valence-electron chi connectivity index (χ1n) is 3.28. The van der Waals surface area contributed by atoms with Gasteiger partial charge in [0.25, 0.3) is 0 Å². The Morgan fingerprint density at radius 3 is 1.62 bits per heavy atom. The van der Waals surface area contributed by atoms with E-state index in [-0.39, 0.29) is 16.9 Å². The summed E-state index contributed by atoms with van der Waals surface area (Å²) in [5, 5.41) is 16.3. The van der Waals surface area contributed by atoms with E-state index in [1.54, 1.807) is 21.1 Å². The predicted octanol–water partition coefficient (Wildman–Crippen LogP) is -2.25. The van der Waals surface area contributed by atoms with Gasteiger partial charge in [-0.05, 0) is 0 Å². The van der Waals surface area contributed by atoms with Crippen molar-refractivity contribution in [3.63, 3.8) is 0 Å². The highest BCUT2D eigenvalue weighted by Gasteiger charge is 2.47. The molecule has 0 radical (unpaired) electrons. The molecule has 0 spiro atoms. The molecule has 0 aromatic carbocycles. The molecule has 0 saturated heterocycles. The molecule has 0 rings (SSSR count). The molecule has 3 nitrogen and oxygen atoms in total. The molecule has 3 atom stereocenters. The molecule has 0 bridgehead atoms. The quantitative estimate of drug-likeness (QED) is 0.346. The van der Waals surface area contributed by atoms with Gasteiger partial charge in [0, 0.05) is 0 Å². The number of quaternary nitrogens is 1. The minimum absolute atomic E-state index is 0. The van der Waals surface area contributed by atoms with Crippen LogP contribution in [0.1, 0.15) is 0 Å². The molecule has 3 unspecified atom stereocenters. The molecule has 0 fully saturated rings. The summed E-state index contributed by atoms with van der Waals surface area (Å²) in [5.74, 6) is 0. The van der Waals surface area contributed by atoms with E-state index in [2.05, 4.69) is 0 Å². The number of hydrogen-bond acceptors (Lipinski definition) is 2. The van der Waals surface area contributed by atoms with E-state index in [0.29, 0.717) is 0 Å². The van der Waals surface area contributed by atoms with Gasteiger partial charge in [-0.15, -0.1) is 0 Å². The minimum atomic E-state index is -2.03. The van der Waals surface area contributed by atoms with Gasteiger partial charge in [0.15, 0.2) is 5.56 Å². The van der Waals surface area contributed by atoms with Crippen LogP contribution in [-0.2, 0) is 0 Å². The van der Waals surface area contributed by atoms with Gasteiger partial charge in [0.1, 0.15) is 0 Å². The lowest BCUT2D eigenvalue weighted by molar-refractivity contribution is -0.888. The molecule has 13 heavy (non-hydrogen) atoms. The van der Waals surface area contributed by atoms with E-state index < -0.39 is 16.1 Å². The lowest BCUT2D eigenvalue weighted by atomic mass is 10.3. The van der Waals surface area contributed by atoms with Crippen LogP contribution in [0.5, 0.6) is 0 Å². The third-order valence-electron chi connectivity index (χ3n) is 1.35. The molecule has 7 heteroatoms. The number of likely N-dealkylation sites (N-methyl/N-ethyl adjacent to an activating group) is 1. The van der Waals surface area contributed by atoms with Crippen LogP contribution in [0.4, 0.5) is 0 Å². The molecule has 0 aliphatic carbocycles. The average molecular weight is 273 g/mol. The molecule has 0 aromatic heterocycles. The van der Waals surface area contributed by atoms with Crippen LogP contribution in [0.2, 0.25) is 0 Å². The van der Waals surface area contributed by atoms with Gasteiger partial charge in [0.2, 0.25) is 10.6 Å². The monoisotopic (exact) mass is 271 g/mol. The summed E-state index contributed by atoms with van der Waals surface area (Å²) < 4.78 is 0.186. The van der Waals surface area contributed by atoms with E-state index in [9.17, 15) is 5.11 Å². The smallest absolute Gasteiger partial charge is 0.246 e. The molecule has 82 valence electrons. The lowest BCUT2D eigenvalue weighted by Crippen LogP contribution is -3.00. The molecule has 0 saturated carbocycles. The van der Waals surface area contributed by atoms with Gasteiger partial charge in [-0.2, -0.15) is 0 Å². The van der Waals surface area contributed by atoms with E-state index in [0.717, 1.165) is 0 Å². The van der Waals surface area contributed by atoms with Gasteiger partial charge in [-0.25, -0.2) is 0 Å². The average Bonchev–Trinajstić information content (AvgIpc) is 1.83. The second-order valence-electron chi connectivity index (χ2n) is 3.52. The Morgan fingerprint density at radius 1 is 1.23 bits per heavy atom. The fourth-order valence-electron chi connectivity index (χ4n) is 0.657. The van der Waals surface area contributed by atoms with Crippen LogP contribution >= 0.6 is 34.8 Å². The number of aliphatic hydroxyl groups is 2. The van der Waals surface area contributed by atoms with Crippen molar-refractivity contribution in [2.45, 2.75) is 16.1 Å².